The molecule has 1 atom stereocenters. The summed E-state index contributed by atoms with van der Waals surface area (Å²) in [4.78, 5) is 31.6. The zero-order valence-corrected chi connectivity index (χ0v) is 30.8. The van der Waals surface area contributed by atoms with Crippen molar-refractivity contribution in [1.29, 1.82) is 0 Å². The van der Waals surface area contributed by atoms with Crippen molar-refractivity contribution in [1.82, 2.24) is 19.3 Å². The molecule has 3 aromatic carbocycles. The van der Waals surface area contributed by atoms with Crippen LogP contribution in [0.4, 0.5) is 5.69 Å². The highest BCUT2D eigenvalue weighted by molar-refractivity contribution is 6.35. The van der Waals surface area contributed by atoms with Crippen molar-refractivity contribution in [2.45, 2.75) is 60.1 Å². The molecule has 0 fully saturated rings. The number of aromatic nitrogens is 4. The first kappa shape index (κ1) is 34.7. The average molecular weight is 729 g/mol. The quantitative estimate of drug-likeness (QED) is 0.128. The second kappa shape index (κ2) is 13.1. The molecule has 0 bridgehead atoms. The van der Waals surface area contributed by atoms with Crippen LogP contribution in [0.1, 0.15) is 74.0 Å². The van der Waals surface area contributed by atoms with Crippen LogP contribution >= 0.6 is 23.2 Å². The van der Waals surface area contributed by atoms with Crippen molar-refractivity contribution >= 4 is 62.6 Å². The van der Waals surface area contributed by atoms with E-state index < -0.39 is 5.97 Å². The Hall–Kier alpha value is -4.77. The molecule has 0 saturated heterocycles. The number of carboxylic acids is 1. The summed E-state index contributed by atoms with van der Waals surface area (Å²) in [6, 6.07) is 12.5. The number of H-pyrrole nitrogens is 1. The van der Waals surface area contributed by atoms with Crippen LogP contribution in [0.3, 0.4) is 0 Å². The summed E-state index contributed by atoms with van der Waals surface area (Å²) >= 11 is 13.4. The van der Waals surface area contributed by atoms with Gasteiger partial charge in [0.1, 0.15) is 17.1 Å². The maximum absolute atomic E-state index is 15.0. The zero-order valence-electron chi connectivity index (χ0n) is 29.3. The number of amides is 1. The number of aromatic amines is 1. The molecule has 10 nitrogen and oxygen atoms in total. The molecule has 0 spiro atoms. The lowest BCUT2D eigenvalue weighted by Gasteiger charge is -2.34. The molecular formula is C39H39Cl2N5O5. The lowest BCUT2D eigenvalue weighted by molar-refractivity contribution is 0.0691. The first-order chi connectivity index (χ1) is 24.3. The molecule has 3 aromatic heterocycles. The molecule has 0 radical (unpaired) electrons. The van der Waals surface area contributed by atoms with Crippen LogP contribution in [0, 0.1) is 27.7 Å². The molecule has 12 heteroatoms. The number of hydrogen-bond donors (Lipinski definition) is 3. The standard InChI is InChI=1S/C39H39Cl2N5O5/c1-19-12-26(13-20(2)34(19)41)51-11-7-8-27-28-9-10-29(40)33(32-22(4)43-44(6)23(32)5)36(28)46-21(3)17-45(38(48)37(27)46)31-15-24(18-47)14-25-16-30(39(49)50)42-35(25)31/h9-10,12-16,21,42,47H,7-8,11,17-18H2,1-6H3,(H,49,50)/t21-/m1/s1. The van der Waals surface area contributed by atoms with Gasteiger partial charge in [-0.25, -0.2) is 4.79 Å². The normalized spacial score (nSPS) is 14.6. The smallest absolute Gasteiger partial charge is 0.352 e. The van der Waals surface area contributed by atoms with E-state index in [1.165, 1.54) is 6.07 Å². The van der Waals surface area contributed by atoms with E-state index in [1.807, 2.05) is 63.7 Å². The second-order valence-electron chi connectivity index (χ2n) is 13.5. The van der Waals surface area contributed by atoms with E-state index >= 15 is 0 Å². The van der Waals surface area contributed by atoms with Gasteiger partial charge in [-0.1, -0.05) is 29.3 Å². The van der Waals surface area contributed by atoms with Gasteiger partial charge in [0.15, 0.2) is 0 Å². The Kier molecular flexibility index (Phi) is 8.90. The summed E-state index contributed by atoms with van der Waals surface area (Å²) in [6.07, 6.45) is 1.17. The van der Waals surface area contributed by atoms with Crippen molar-refractivity contribution < 1.29 is 24.5 Å². The Morgan fingerprint density at radius 1 is 1.06 bits per heavy atom. The van der Waals surface area contributed by atoms with Crippen LogP contribution in [-0.2, 0) is 20.1 Å². The molecule has 4 heterocycles. The number of nitrogens with zero attached hydrogens (tertiary/aromatic N) is 4. The topological polar surface area (TPSA) is 126 Å². The minimum absolute atomic E-state index is 0.00113. The number of carbonyl (C=O) groups is 2. The lowest BCUT2D eigenvalue weighted by atomic mass is 9.98. The Morgan fingerprint density at radius 2 is 1.78 bits per heavy atom. The number of aromatic carboxylic acids is 1. The van der Waals surface area contributed by atoms with Gasteiger partial charge in [-0.15, -0.1) is 0 Å². The van der Waals surface area contributed by atoms with E-state index in [1.54, 1.807) is 17.0 Å². The van der Waals surface area contributed by atoms with E-state index in [0.717, 1.165) is 60.9 Å². The fourth-order valence-electron chi connectivity index (χ4n) is 7.64. The Morgan fingerprint density at radius 3 is 2.43 bits per heavy atom. The van der Waals surface area contributed by atoms with Gasteiger partial charge in [0.2, 0.25) is 0 Å². The van der Waals surface area contributed by atoms with Crippen molar-refractivity contribution in [3.05, 3.63) is 97.5 Å². The fraction of sp³-hybridized carbons (Fsp3) is 0.308. The fourth-order valence-corrected chi connectivity index (χ4v) is 8.00. The number of aryl methyl sites for hydroxylation is 5. The summed E-state index contributed by atoms with van der Waals surface area (Å²) in [5.41, 5.74) is 9.35. The summed E-state index contributed by atoms with van der Waals surface area (Å²) in [7, 11) is 1.91. The van der Waals surface area contributed by atoms with Gasteiger partial charge < -0.3 is 29.4 Å². The average Bonchev–Trinajstić information content (AvgIpc) is 3.75. The maximum atomic E-state index is 15.0. The summed E-state index contributed by atoms with van der Waals surface area (Å²) in [5, 5.41) is 27.4. The molecule has 1 aliphatic rings. The molecule has 0 unspecified atom stereocenters. The molecule has 1 amide bonds. The van der Waals surface area contributed by atoms with E-state index in [-0.39, 0.29) is 24.2 Å². The predicted molar refractivity (Wildman–Crippen MR) is 201 cm³/mol. The number of carbonyl (C=O) groups excluding carboxylic acids is 1. The van der Waals surface area contributed by atoms with E-state index in [4.69, 9.17) is 27.9 Å². The number of hydrogen-bond acceptors (Lipinski definition) is 5. The Bertz CT molecular complexity index is 2380. The predicted octanol–water partition coefficient (Wildman–Crippen LogP) is 8.49. The molecular weight excluding hydrogens is 689 g/mol. The third-order valence-electron chi connectivity index (χ3n) is 10.0. The van der Waals surface area contributed by atoms with Crippen LogP contribution < -0.4 is 9.64 Å². The molecule has 0 aliphatic carbocycles. The van der Waals surface area contributed by atoms with Crippen LogP contribution in [0.5, 0.6) is 5.75 Å². The lowest BCUT2D eigenvalue weighted by Crippen LogP contribution is -2.43. The second-order valence-corrected chi connectivity index (χ2v) is 14.3. The number of benzene rings is 3. The molecule has 3 N–H and O–H groups in total. The van der Waals surface area contributed by atoms with Crippen LogP contribution in [0.15, 0.2) is 42.5 Å². The number of carboxylic acid groups (broad SMARTS) is 1. The molecule has 7 rings (SSSR count). The molecule has 264 valence electrons. The largest absolute Gasteiger partial charge is 0.494 e. The van der Waals surface area contributed by atoms with Crippen LogP contribution in [0.25, 0.3) is 32.9 Å². The van der Waals surface area contributed by atoms with Gasteiger partial charge in [0.05, 0.1) is 40.7 Å². The van der Waals surface area contributed by atoms with Gasteiger partial charge >= 0.3 is 5.97 Å². The Balaban J connectivity index is 1.39. The third-order valence-corrected chi connectivity index (χ3v) is 10.9. The van der Waals surface area contributed by atoms with Gasteiger partial charge in [-0.2, -0.15) is 5.10 Å². The first-order valence-electron chi connectivity index (χ1n) is 16.9. The van der Waals surface area contributed by atoms with Gasteiger partial charge in [0.25, 0.3) is 5.91 Å². The summed E-state index contributed by atoms with van der Waals surface area (Å²) in [5.74, 6) is -0.598. The van der Waals surface area contributed by atoms with Crippen LogP contribution in [-0.4, -0.2) is 54.6 Å². The molecule has 1 aliphatic heterocycles. The molecule has 0 saturated carbocycles. The van der Waals surface area contributed by atoms with Crippen LogP contribution in [0.2, 0.25) is 10.0 Å². The van der Waals surface area contributed by atoms with Gasteiger partial charge in [0, 0.05) is 52.3 Å². The first-order valence-corrected chi connectivity index (χ1v) is 17.6. The number of anilines is 1. The highest BCUT2D eigenvalue weighted by Crippen LogP contribution is 2.45. The number of aliphatic hydroxyl groups excluding tert-OH is 1. The van der Waals surface area contributed by atoms with Gasteiger partial charge in [-0.3, -0.25) is 9.48 Å². The molecule has 51 heavy (non-hydrogen) atoms. The highest BCUT2D eigenvalue weighted by Gasteiger charge is 2.37. The minimum Gasteiger partial charge on any atom is -0.494 e. The monoisotopic (exact) mass is 727 g/mol. The number of rotatable bonds is 9. The number of aliphatic hydroxyl groups is 1. The van der Waals surface area contributed by atoms with E-state index in [0.29, 0.717) is 58.9 Å². The number of nitrogens with one attached hydrogen (secondary N) is 1. The number of halogens is 2. The number of fused-ring (bicyclic) bond motifs is 4. The highest BCUT2D eigenvalue weighted by atomic mass is 35.5. The molecule has 6 aromatic rings. The van der Waals surface area contributed by atoms with E-state index in [9.17, 15) is 19.8 Å². The number of ether oxygens (including phenoxy) is 1. The third kappa shape index (κ3) is 5.75. The van der Waals surface area contributed by atoms with Gasteiger partial charge in [-0.05, 0) is 106 Å². The minimum atomic E-state index is -1.11. The van der Waals surface area contributed by atoms with E-state index in [2.05, 4.69) is 21.6 Å². The Labute approximate surface area is 305 Å². The summed E-state index contributed by atoms with van der Waals surface area (Å²) < 4.78 is 10.2. The maximum Gasteiger partial charge on any atom is 0.352 e. The SMILES string of the molecule is Cc1cc(OCCCc2c3n(c4c(-c5c(C)nn(C)c5C)c(Cl)ccc24)[C@H](C)CN(c2cc(CO)cc4cc(C(=O)O)[nH]c24)C3=O)cc(C)c1Cl. The van der Waals surface area contributed by atoms with Crippen molar-refractivity contribution in [2.75, 3.05) is 18.1 Å². The summed E-state index contributed by atoms with van der Waals surface area (Å²) in [6.45, 7) is 10.4. The zero-order chi connectivity index (χ0) is 36.5. The van der Waals surface area contributed by atoms with Crippen molar-refractivity contribution in [3.63, 3.8) is 0 Å². The van der Waals surface area contributed by atoms with Crippen molar-refractivity contribution in [2.24, 2.45) is 7.05 Å². The van der Waals surface area contributed by atoms with Crippen molar-refractivity contribution in [3.8, 4) is 16.9 Å².